The molecule has 0 radical (unpaired) electrons. The predicted molar refractivity (Wildman–Crippen MR) is 32.4 cm³/mol. The Bertz CT molecular complexity index is 109. The summed E-state index contributed by atoms with van der Waals surface area (Å²) >= 11 is 0. The number of aliphatic hydroxyl groups is 1. The van der Waals surface area contributed by atoms with Gasteiger partial charge in [-0.1, -0.05) is 6.08 Å². The van der Waals surface area contributed by atoms with Crippen molar-refractivity contribution in [1.29, 1.82) is 0 Å². The molecule has 8 heavy (non-hydrogen) atoms. The van der Waals surface area contributed by atoms with Gasteiger partial charge in [0.15, 0.2) is 0 Å². The molecule has 3 N–H and O–H groups in total. The van der Waals surface area contributed by atoms with Crippen LogP contribution in [0.1, 0.15) is 12.8 Å². The first kappa shape index (κ1) is 5.79. The van der Waals surface area contributed by atoms with Crippen LogP contribution in [0.3, 0.4) is 0 Å². The molecule has 1 atom stereocenters. The third-order valence-corrected chi connectivity index (χ3v) is 1.44. The molecule has 1 aliphatic carbocycles. The molecule has 0 aromatic heterocycles. The van der Waals surface area contributed by atoms with Crippen molar-refractivity contribution < 1.29 is 5.11 Å². The molecule has 0 bridgehead atoms. The van der Waals surface area contributed by atoms with E-state index in [0.29, 0.717) is 0 Å². The Morgan fingerprint density at radius 1 is 1.88 bits per heavy atom. The zero-order chi connectivity index (χ0) is 5.98. The van der Waals surface area contributed by atoms with Crippen molar-refractivity contribution in [2.45, 2.75) is 18.9 Å². The van der Waals surface area contributed by atoms with Gasteiger partial charge in [0, 0.05) is 6.04 Å². The van der Waals surface area contributed by atoms with Gasteiger partial charge >= 0.3 is 0 Å². The van der Waals surface area contributed by atoms with Crippen LogP contribution < -0.4 is 5.73 Å². The first-order valence-corrected chi connectivity index (χ1v) is 2.87. The maximum atomic E-state index is 8.56. The number of nitrogens with two attached hydrogens (primary N) is 1. The van der Waals surface area contributed by atoms with Gasteiger partial charge in [-0.3, -0.25) is 0 Å². The topological polar surface area (TPSA) is 46.2 Å². The second kappa shape index (κ2) is 2.29. The van der Waals surface area contributed by atoms with E-state index in [2.05, 4.69) is 0 Å². The standard InChI is InChI=1S/C6H11NO/c7-6-2-1-5(3-6)4-8/h1,6,8H,2-4,7H2/t6-/m0/s1. The largest absolute Gasteiger partial charge is 0.392 e. The van der Waals surface area contributed by atoms with E-state index < -0.39 is 0 Å². The highest BCUT2D eigenvalue weighted by molar-refractivity contribution is 5.11. The molecule has 0 aromatic rings. The summed E-state index contributed by atoms with van der Waals surface area (Å²) in [7, 11) is 0. The fourth-order valence-corrected chi connectivity index (χ4v) is 0.951. The number of aliphatic hydroxyl groups excluding tert-OH is 1. The minimum absolute atomic E-state index is 0.188. The third-order valence-electron chi connectivity index (χ3n) is 1.44. The zero-order valence-electron chi connectivity index (χ0n) is 4.80. The van der Waals surface area contributed by atoms with Crippen LogP contribution in [0, 0.1) is 0 Å². The number of hydrogen-bond donors (Lipinski definition) is 2. The molecular weight excluding hydrogens is 102 g/mol. The van der Waals surface area contributed by atoms with Crippen LogP contribution >= 0.6 is 0 Å². The van der Waals surface area contributed by atoms with Gasteiger partial charge in [-0.2, -0.15) is 0 Å². The first-order chi connectivity index (χ1) is 3.83. The lowest BCUT2D eigenvalue weighted by atomic mass is 10.2. The molecular formula is C6H11NO. The van der Waals surface area contributed by atoms with Crippen molar-refractivity contribution in [3.8, 4) is 0 Å². The van der Waals surface area contributed by atoms with E-state index in [1.54, 1.807) is 0 Å². The van der Waals surface area contributed by atoms with Crippen LogP contribution in [0.25, 0.3) is 0 Å². The summed E-state index contributed by atoms with van der Waals surface area (Å²) in [6, 6.07) is 0.275. The highest BCUT2D eigenvalue weighted by Crippen LogP contribution is 2.15. The van der Waals surface area contributed by atoms with Gasteiger partial charge in [-0.15, -0.1) is 0 Å². The molecule has 0 heterocycles. The van der Waals surface area contributed by atoms with Gasteiger partial charge in [0.1, 0.15) is 0 Å². The van der Waals surface area contributed by atoms with E-state index in [1.165, 1.54) is 0 Å². The van der Waals surface area contributed by atoms with E-state index in [1.807, 2.05) is 6.08 Å². The third kappa shape index (κ3) is 1.08. The van der Waals surface area contributed by atoms with Gasteiger partial charge in [0.2, 0.25) is 0 Å². The second-order valence-corrected chi connectivity index (χ2v) is 2.22. The number of hydrogen-bond acceptors (Lipinski definition) is 2. The van der Waals surface area contributed by atoms with Crippen molar-refractivity contribution in [1.82, 2.24) is 0 Å². The molecule has 2 nitrogen and oxygen atoms in total. The Morgan fingerprint density at radius 2 is 2.62 bits per heavy atom. The van der Waals surface area contributed by atoms with Crippen molar-refractivity contribution in [3.05, 3.63) is 11.6 Å². The van der Waals surface area contributed by atoms with Gasteiger partial charge in [0.05, 0.1) is 6.61 Å². The molecule has 0 fully saturated rings. The smallest absolute Gasteiger partial charge is 0.0642 e. The Morgan fingerprint density at radius 3 is 2.88 bits per heavy atom. The van der Waals surface area contributed by atoms with Crippen molar-refractivity contribution in [2.24, 2.45) is 5.73 Å². The molecule has 2 heteroatoms. The molecule has 0 saturated heterocycles. The fraction of sp³-hybridized carbons (Fsp3) is 0.667. The summed E-state index contributed by atoms with van der Waals surface area (Å²) in [4.78, 5) is 0. The molecule has 0 amide bonds. The number of rotatable bonds is 1. The zero-order valence-corrected chi connectivity index (χ0v) is 4.80. The van der Waals surface area contributed by atoms with E-state index in [9.17, 15) is 0 Å². The minimum atomic E-state index is 0.188. The average Bonchev–Trinajstić information content (AvgIpc) is 2.14. The molecule has 0 unspecified atom stereocenters. The molecule has 1 aliphatic rings. The molecule has 0 aliphatic heterocycles. The molecule has 46 valence electrons. The van der Waals surface area contributed by atoms with Gasteiger partial charge in [-0.05, 0) is 18.4 Å². The Labute approximate surface area is 49.0 Å². The molecule has 0 spiro atoms. The summed E-state index contributed by atoms with van der Waals surface area (Å²) in [5, 5.41) is 8.56. The average molecular weight is 113 g/mol. The van der Waals surface area contributed by atoms with Gasteiger partial charge in [0.25, 0.3) is 0 Å². The van der Waals surface area contributed by atoms with Gasteiger partial charge in [-0.25, -0.2) is 0 Å². The Kier molecular flexibility index (Phi) is 1.65. The van der Waals surface area contributed by atoms with Crippen molar-refractivity contribution in [2.75, 3.05) is 6.61 Å². The molecule has 0 saturated carbocycles. The monoisotopic (exact) mass is 113 g/mol. The lowest BCUT2D eigenvalue weighted by Gasteiger charge is -1.98. The Balaban J connectivity index is 2.37. The second-order valence-electron chi connectivity index (χ2n) is 2.22. The van der Waals surface area contributed by atoms with Crippen LogP contribution in [0.4, 0.5) is 0 Å². The van der Waals surface area contributed by atoms with E-state index >= 15 is 0 Å². The molecule has 1 rings (SSSR count). The van der Waals surface area contributed by atoms with Crippen molar-refractivity contribution in [3.63, 3.8) is 0 Å². The minimum Gasteiger partial charge on any atom is -0.392 e. The SMILES string of the molecule is N[C@H]1CC=C(CO)C1. The first-order valence-electron chi connectivity index (χ1n) is 2.87. The van der Waals surface area contributed by atoms with Crippen LogP contribution in [0.2, 0.25) is 0 Å². The summed E-state index contributed by atoms with van der Waals surface area (Å²) in [6.45, 7) is 0.188. The maximum absolute atomic E-state index is 8.56. The highest BCUT2D eigenvalue weighted by Gasteiger charge is 2.10. The van der Waals surface area contributed by atoms with Crippen LogP contribution in [-0.2, 0) is 0 Å². The summed E-state index contributed by atoms with van der Waals surface area (Å²) in [6.07, 6.45) is 3.84. The normalized spacial score (nSPS) is 28.2. The van der Waals surface area contributed by atoms with Crippen molar-refractivity contribution >= 4 is 0 Å². The lowest BCUT2D eigenvalue weighted by molar-refractivity contribution is 0.327. The van der Waals surface area contributed by atoms with E-state index in [0.717, 1.165) is 18.4 Å². The summed E-state index contributed by atoms with van der Waals surface area (Å²) in [5.74, 6) is 0. The van der Waals surface area contributed by atoms with E-state index in [-0.39, 0.29) is 12.6 Å². The van der Waals surface area contributed by atoms with Crippen LogP contribution in [0.5, 0.6) is 0 Å². The predicted octanol–water partition coefficient (Wildman–Crippen LogP) is 0.0262. The summed E-state index contributed by atoms with van der Waals surface area (Å²) < 4.78 is 0. The Hall–Kier alpha value is -0.340. The molecule has 0 aromatic carbocycles. The highest BCUT2D eigenvalue weighted by atomic mass is 16.3. The lowest BCUT2D eigenvalue weighted by Crippen LogP contribution is -2.15. The van der Waals surface area contributed by atoms with Crippen LogP contribution in [0.15, 0.2) is 11.6 Å². The quantitative estimate of drug-likeness (QED) is 0.471. The van der Waals surface area contributed by atoms with Gasteiger partial charge < -0.3 is 10.8 Å². The fourth-order valence-electron chi connectivity index (χ4n) is 0.951. The maximum Gasteiger partial charge on any atom is 0.0642 e. The summed E-state index contributed by atoms with van der Waals surface area (Å²) in [5.41, 5.74) is 6.63. The van der Waals surface area contributed by atoms with E-state index in [4.69, 9.17) is 10.8 Å². The van der Waals surface area contributed by atoms with Crippen LogP contribution in [-0.4, -0.2) is 17.8 Å².